The highest BCUT2D eigenvalue weighted by Gasteiger charge is 2.07. The van der Waals surface area contributed by atoms with Crippen LogP contribution in [0.15, 0.2) is 53.4 Å². The van der Waals surface area contributed by atoms with Crippen LogP contribution in [-0.4, -0.2) is 15.9 Å². The third-order valence-corrected chi connectivity index (χ3v) is 4.19. The molecule has 0 saturated heterocycles. The molecule has 0 bridgehead atoms. The number of carbonyl (C=O) groups is 1. The zero-order valence-corrected chi connectivity index (χ0v) is 13.5. The Hall–Kier alpha value is -2.14. The second-order valence-electron chi connectivity index (χ2n) is 5.03. The number of nitrogens with one attached hydrogen (secondary N) is 1. The highest BCUT2D eigenvalue weighted by molar-refractivity contribution is 9.10. The van der Waals surface area contributed by atoms with E-state index in [0.717, 1.165) is 26.5 Å². The number of rotatable bonds is 5. The van der Waals surface area contributed by atoms with Crippen molar-refractivity contribution in [2.45, 2.75) is 19.4 Å². The van der Waals surface area contributed by atoms with Gasteiger partial charge in [-0.1, -0.05) is 6.07 Å². The molecule has 0 atom stereocenters. The molecule has 1 N–H and O–H groups in total. The van der Waals surface area contributed by atoms with Crippen LogP contribution in [0.4, 0.5) is 0 Å². The summed E-state index contributed by atoms with van der Waals surface area (Å²) >= 11 is 3.42. The first-order valence-electron chi connectivity index (χ1n) is 7.02. The topological polar surface area (TPSA) is 55.0 Å². The quantitative estimate of drug-likeness (QED) is 0.701. The minimum Gasteiger partial charge on any atom is -0.461 e. The zero-order chi connectivity index (χ0) is 15.4. The first kappa shape index (κ1) is 14.8. The Bertz CT molecular complexity index is 798. The van der Waals surface area contributed by atoms with Crippen LogP contribution in [0, 0.1) is 0 Å². The van der Waals surface area contributed by atoms with Crippen molar-refractivity contribution in [3.05, 3.63) is 64.5 Å². The monoisotopic (exact) mass is 358 g/mol. The summed E-state index contributed by atoms with van der Waals surface area (Å²) in [4.78, 5) is 19.0. The minimum atomic E-state index is -0.196. The molecule has 3 rings (SSSR count). The summed E-state index contributed by atoms with van der Waals surface area (Å²) in [6.45, 7) is 0.303. The number of benzene rings is 1. The van der Waals surface area contributed by atoms with Gasteiger partial charge in [0.15, 0.2) is 0 Å². The number of aromatic nitrogens is 2. The van der Waals surface area contributed by atoms with E-state index in [1.807, 2.05) is 36.5 Å². The van der Waals surface area contributed by atoms with Gasteiger partial charge < -0.3 is 9.72 Å². The Balaban J connectivity index is 1.52. The van der Waals surface area contributed by atoms with Gasteiger partial charge in [-0.25, -0.2) is 0 Å². The number of ether oxygens (including phenoxy) is 1. The molecule has 3 aromatic rings. The molecule has 1 aromatic carbocycles. The molecule has 22 heavy (non-hydrogen) atoms. The summed E-state index contributed by atoms with van der Waals surface area (Å²) in [6.07, 6.45) is 6.34. The fourth-order valence-electron chi connectivity index (χ4n) is 2.27. The molecular weight excluding hydrogens is 344 g/mol. The average Bonchev–Trinajstić information content (AvgIpc) is 2.99. The molecule has 0 saturated carbocycles. The fraction of sp³-hybridized carbons (Fsp3) is 0.176. The van der Waals surface area contributed by atoms with E-state index in [0.29, 0.717) is 19.4 Å². The van der Waals surface area contributed by atoms with E-state index in [4.69, 9.17) is 4.74 Å². The van der Waals surface area contributed by atoms with Crippen molar-refractivity contribution in [2.75, 3.05) is 0 Å². The van der Waals surface area contributed by atoms with Crippen LogP contribution in [0.3, 0.4) is 0 Å². The molecule has 0 fully saturated rings. The Kier molecular flexibility index (Phi) is 4.53. The van der Waals surface area contributed by atoms with Crippen molar-refractivity contribution in [1.82, 2.24) is 9.97 Å². The van der Waals surface area contributed by atoms with Gasteiger partial charge in [-0.2, -0.15) is 0 Å². The van der Waals surface area contributed by atoms with Crippen LogP contribution in [-0.2, 0) is 22.6 Å². The van der Waals surface area contributed by atoms with Gasteiger partial charge in [-0.15, -0.1) is 0 Å². The van der Waals surface area contributed by atoms with Gasteiger partial charge in [-0.05, 0) is 63.1 Å². The van der Waals surface area contributed by atoms with E-state index < -0.39 is 0 Å². The second kappa shape index (κ2) is 6.75. The molecule has 0 amide bonds. The maximum Gasteiger partial charge on any atom is 0.306 e. The van der Waals surface area contributed by atoms with Crippen molar-refractivity contribution >= 4 is 32.8 Å². The molecule has 0 spiro atoms. The van der Waals surface area contributed by atoms with Gasteiger partial charge >= 0.3 is 5.97 Å². The van der Waals surface area contributed by atoms with E-state index in [-0.39, 0.29) is 5.97 Å². The number of aromatic amines is 1. The molecule has 0 radical (unpaired) electrons. The number of esters is 1. The Morgan fingerprint density at radius 3 is 3.05 bits per heavy atom. The summed E-state index contributed by atoms with van der Waals surface area (Å²) in [5.74, 6) is -0.196. The number of halogens is 1. The molecule has 0 aliphatic carbocycles. The lowest BCUT2D eigenvalue weighted by Crippen LogP contribution is -2.06. The summed E-state index contributed by atoms with van der Waals surface area (Å²) < 4.78 is 6.25. The molecule has 0 aliphatic heterocycles. The van der Waals surface area contributed by atoms with Crippen LogP contribution in [0.2, 0.25) is 0 Å². The summed E-state index contributed by atoms with van der Waals surface area (Å²) in [5.41, 5.74) is 3.13. The Labute approximate surface area is 136 Å². The summed E-state index contributed by atoms with van der Waals surface area (Å²) in [6, 6.07) is 9.88. The van der Waals surface area contributed by atoms with Crippen molar-refractivity contribution in [3.63, 3.8) is 0 Å². The van der Waals surface area contributed by atoms with E-state index in [9.17, 15) is 4.79 Å². The number of pyridine rings is 1. The lowest BCUT2D eigenvalue weighted by Gasteiger charge is -2.06. The number of aryl methyl sites for hydroxylation is 1. The molecule has 2 heterocycles. The van der Waals surface area contributed by atoms with E-state index in [1.54, 1.807) is 12.4 Å². The number of hydrogen-bond donors (Lipinski definition) is 1. The smallest absolute Gasteiger partial charge is 0.306 e. The standard InChI is InChI=1S/C17H15BrN2O2/c18-15-10-19-7-5-13(15)2-4-17(21)22-11-12-1-3-16-14(9-12)6-8-20-16/h1,3,5-10,20H,2,4,11H2. The summed E-state index contributed by atoms with van der Waals surface area (Å²) in [5, 5.41) is 1.12. The predicted molar refractivity (Wildman–Crippen MR) is 88.4 cm³/mol. The highest BCUT2D eigenvalue weighted by Crippen LogP contribution is 2.17. The zero-order valence-electron chi connectivity index (χ0n) is 11.9. The Morgan fingerprint density at radius 1 is 1.27 bits per heavy atom. The van der Waals surface area contributed by atoms with Crippen molar-refractivity contribution < 1.29 is 9.53 Å². The number of H-pyrrole nitrogens is 1. The lowest BCUT2D eigenvalue weighted by molar-refractivity contribution is -0.144. The maximum atomic E-state index is 11.9. The van der Waals surface area contributed by atoms with Gasteiger partial charge in [0.05, 0.1) is 0 Å². The van der Waals surface area contributed by atoms with Crippen molar-refractivity contribution in [1.29, 1.82) is 0 Å². The van der Waals surface area contributed by atoms with Crippen molar-refractivity contribution in [3.8, 4) is 0 Å². The number of hydrogen-bond acceptors (Lipinski definition) is 3. The van der Waals surface area contributed by atoms with Gasteiger partial charge in [0.25, 0.3) is 0 Å². The van der Waals surface area contributed by atoms with Crippen LogP contribution in [0.5, 0.6) is 0 Å². The van der Waals surface area contributed by atoms with Crippen LogP contribution in [0.1, 0.15) is 17.5 Å². The largest absolute Gasteiger partial charge is 0.461 e. The van der Waals surface area contributed by atoms with Gasteiger partial charge in [0.2, 0.25) is 0 Å². The SMILES string of the molecule is O=C(CCc1ccncc1Br)OCc1ccc2[nH]ccc2c1. The molecule has 5 heteroatoms. The first-order valence-corrected chi connectivity index (χ1v) is 7.82. The normalized spacial score (nSPS) is 10.8. The number of nitrogens with zero attached hydrogens (tertiary/aromatic N) is 1. The Morgan fingerprint density at radius 2 is 2.18 bits per heavy atom. The highest BCUT2D eigenvalue weighted by atomic mass is 79.9. The molecule has 2 aromatic heterocycles. The third-order valence-electron chi connectivity index (χ3n) is 3.47. The van der Waals surface area contributed by atoms with Gasteiger partial charge in [0, 0.05) is 35.0 Å². The van der Waals surface area contributed by atoms with Gasteiger partial charge in [0.1, 0.15) is 6.61 Å². The minimum absolute atomic E-state index is 0.196. The van der Waals surface area contributed by atoms with E-state index in [1.165, 1.54) is 0 Å². The number of carbonyl (C=O) groups excluding carboxylic acids is 1. The molecule has 112 valence electrons. The van der Waals surface area contributed by atoms with Crippen molar-refractivity contribution in [2.24, 2.45) is 0 Å². The average molecular weight is 359 g/mol. The molecular formula is C17H15BrN2O2. The fourth-order valence-corrected chi connectivity index (χ4v) is 2.72. The second-order valence-corrected chi connectivity index (χ2v) is 5.88. The van der Waals surface area contributed by atoms with E-state index >= 15 is 0 Å². The van der Waals surface area contributed by atoms with Crippen LogP contribution >= 0.6 is 15.9 Å². The van der Waals surface area contributed by atoms with Crippen LogP contribution < -0.4 is 0 Å². The summed E-state index contributed by atoms with van der Waals surface area (Å²) in [7, 11) is 0. The van der Waals surface area contributed by atoms with Gasteiger partial charge in [-0.3, -0.25) is 9.78 Å². The maximum absolute atomic E-state index is 11.9. The predicted octanol–water partition coefficient (Wildman–Crippen LogP) is 4.00. The van der Waals surface area contributed by atoms with E-state index in [2.05, 4.69) is 25.9 Å². The number of fused-ring (bicyclic) bond motifs is 1. The molecule has 0 aliphatic rings. The molecule has 4 nitrogen and oxygen atoms in total. The third kappa shape index (κ3) is 3.54. The van der Waals surface area contributed by atoms with Crippen LogP contribution in [0.25, 0.3) is 10.9 Å². The molecule has 0 unspecified atom stereocenters. The first-order chi connectivity index (χ1) is 10.7. The lowest BCUT2D eigenvalue weighted by atomic mass is 10.1.